The Morgan fingerprint density at radius 1 is 1.36 bits per heavy atom. The maximum Gasteiger partial charge on any atom is 0.137 e. The summed E-state index contributed by atoms with van der Waals surface area (Å²) in [6, 6.07) is 9.85. The van der Waals surface area contributed by atoms with Crippen molar-refractivity contribution < 1.29 is 9.84 Å². The van der Waals surface area contributed by atoms with Gasteiger partial charge in [0.25, 0.3) is 0 Å². The summed E-state index contributed by atoms with van der Waals surface area (Å²) in [5, 5.41) is 9.23. The second-order valence-corrected chi connectivity index (χ2v) is 2.91. The van der Waals surface area contributed by atoms with Crippen LogP contribution in [-0.4, -0.2) is 17.8 Å². The van der Waals surface area contributed by atoms with Gasteiger partial charge in [0.15, 0.2) is 0 Å². The van der Waals surface area contributed by atoms with E-state index in [0.717, 1.165) is 5.56 Å². The first-order valence-corrected chi connectivity index (χ1v) is 4.55. The molecule has 0 unspecified atom stereocenters. The normalized spacial score (nSPS) is 11.6. The molecule has 1 aromatic rings. The first kappa shape index (κ1) is 10.8. The number of aliphatic hydroxyl groups excluding tert-OH is 1. The van der Waals surface area contributed by atoms with Gasteiger partial charge in [-0.2, -0.15) is 0 Å². The van der Waals surface area contributed by atoms with Gasteiger partial charge in [0.2, 0.25) is 0 Å². The standard InChI is InChI=1S/C12H14O2/c1-2-6-12(13)10-14-9-11-7-4-3-5-8-11/h3-5,7-8,12-13H,9-10H2,1H3/t12-/m1/s1. The fourth-order valence-electron chi connectivity index (χ4n) is 1.07. The van der Waals surface area contributed by atoms with Gasteiger partial charge in [-0.25, -0.2) is 0 Å². The Morgan fingerprint density at radius 3 is 2.71 bits per heavy atom. The highest BCUT2D eigenvalue weighted by Crippen LogP contribution is 2.00. The molecule has 0 heterocycles. The average Bonchev–Trinajstić information content (AvgIpc) is 2.20. The third-order valence-electron chi connectivity index (χ3n) is 1.70. The van der Waals surface area contributed by atoms with Crippen LogP contribution in [0.15, 0.2) is 30.3 Å². The number of ether oxygens (including phenoxy) is 1. The molecular weight excluding hydrogens is 176 g/mol. The maximum absolute atomic E-state index is 9.23. The second kappa shape index (κ2) is 6.20. The summed E-state index contributed by atoms with van der Waals surface area (Å²) in [6.07, 6.45) is -0.677. The number of rotatable bonds is 4. The summed E-state index contributed by atoms with van der Waals surface area (Å²) in [7, 11) is 0. The van der Waals surface area contributed by atoms with Crippen molar-refractivity contribution in [3.05, 3.63) is 35.9 Å². The molecule has 0 bridgehead atoms. The van der Waals surface area contributed by atoms with E-state index >= 15 is 0 Å². The molecule has 0 saturated carbocycles. The van der Waals surface area contributed by atoms with Gasteiger partial charge in [-0.3, -0.25) is 0 Å². The van der Waals surface area contributed by atoms with Crippen LogP contribution < -0.4 is 0 Å². The fraction of sp³-hybridized carbons (Fsp3) is 0.333. The molecule has 0 aliphatic heterocycles. The van der Waals surface area contributed by atoms with E-state index in [9.17, 15) is 5.11 Å². The summed E-state index contributed by atoms with van der Waals surface area (Å²) in [5.74, 6) is 5.25. The van der Waals surface area contributed by atoms with Crippen molar-refractivity contribution >= 4 is 0 Å². The van der Waals surface area contributed by atoms with Crippen molar-refractivity contribution in [2.45, 2.75) is 19.6 Å². The lowest BCUT2D eigenvalue weighted by molar-refractivity contribution is 0.0543. The molecule has 0 saturated heterocycles. The van der Waals surface area contributed by atoms with Crippen molar-refractivity contribution in [2.24, 2.45) is 0 Å². The lowest BCUT2D eigenvalue weighted by Crippen LogP contribution is -2.12. The Hall–Kier alpha value is -1.30. The van der Waals surface area contributed by atoms with Crippen LogP contribution in [0.5, 0.6) is 0 Å². The number of hydrogen-bond acceptors (Lipinski definition) is 2. The average molecular weight is 190 g/mol. The quantitative estimate of drug-likeness (QED) is 0.730. The highest BCUT2D eigenvalue weighted by molar-refractivity contribution is 5.13. The SMILES string of the molecule is CC#C[C@@H](O)COCc1ccccc1. The predicted molar refractivity (Wildman–Crippen MR) is 55.6 cm³/mol. The molecule has 0 amide bonds. The van der Waals surface area contributed by atoms with Gasteiger partial charge < -0.3 is 9.84 Å². The molecule has 1 N–H and O–H groups in total. The summed E-state index contributed by atoms with van der Waals surface area (Å²) in [5.41, 5.74) is 1.10. The van der Waals surface area contributed by atoms with Gasteiger partial charge in [-0.15, -0.1) is 5.92 Å². The topological polar surface area (TPSA) is 29.5 Å². The third kappa shape index (κ3) is 4.08. The third-order valence-corrected chi connectivity index (χ3v) is 1.70. The zero-order valence-corrected chi connectivity index (χ0v) is 8.23. The molecule has 1 rings (SSSR count). The van der Waals surface area contributed by atoms with Gasteiger partial charge in [-0.05, 0) is 12.5 Å². The molecule has 0 aromatic heterocycles. The monoisotopic (exact) mass is 190 g/mol. The predicted octanol–water partition coefficient (Wildman–Crippen LogP) is 1.59. The lowest BCUT2D eigenvalue weighted by Gasteiger charge is -2.05. The van der Waals surface area contributed by atoms with Crippen molar-refractivity contribution in [1.82, 2.24) is 0 Å². The Morgan fingerprint density at radius 2 is 2.07 bits per heavy atom. The van der Waals surface area contributed by atoms with E-state index in [-0.39, 0.29) is 6.61 Å². The summed E-state index contributed by atoms with van der Waals surface area (Å²) < 4.78 is 5.28. The lowest BCUT2D eigenvalue weighted by atomic mass is 10.2. The largest absolute Gasteiger partial charge is 0.378 e. The number of aliphatic hydroxyl groups is 1. The van der Waals surface area contributed by atoms with Crippen LogP contribution in [0.2, 0.25) is 0 Å². The minimum atomic E-state index is -0.677. The van der Waals surface area contributed by atoms with E-state index in [2.05, 4.69) is 11.8 Å². The first-order chi connectivity index (χ1) is 6.83. The molecule has 74 valence electrons. The van der Waals surface area contributed by atoms with Crippen molar-refractivity contribution in [3.63, 3.8) is 0 Å². The van der Waals surface area contributed by atoms with Crippen LogP contribution >= 0.6 is 0 Å². The van der Waals surface area contributed by atoms with Gasteiger partial charge in [0.1, 0.15) is 6.10 Å². The highest BCUT2D eigenvalue weighted by atomic mass is 16.5. The minimum Gasteiger partial charge on any atom is -0.378 e. The Kier molecular flexibility index (Phi) is 4.77. The molecule has 0 fully saturated rings. The van der Waals surface area contributed by atoms with E-state index in [0.29, 0.717) is 6.61 Å². The molecule has 0 radical (unpaired) electrons. The maximum atomic E-state index is 9.23. The van der Waals surface area contributed by atoms with E-state index in [4.69, 9.17) is 4.74 Å². The molecular formula is C12H14O2. The Bertz CT molecular complexity index is 308. The van der Waals surface area contributed by atoms with Crippen LogP contribution in [0, 0.1) is 11.8 Å². The zero-order valence-electron chi connectivity index (χ0n) is 8.23. The van der Waals surface area contributed by atoms with Crippen LogP contribution in [0.25, 0.3) is 0 Å². The first-order valence-electron chi connectivity index (χ1n) is 4.55. The Labute approximate surface area is 84.5 Å². The minimum absolute atomic E-state index is 0.260. The molecule has 0 spiro atoms. The van der Waals surface area contributed by atoms with E-state index in [1.807, 2.05) is 30.3 Å². The zero-order chi connectivity index (χ0) is 10.2. The highest BCUT2D eigenvalue weighted by Gasteiger charge is 1.98. The summed E-state index contributed by atoms with van der Waals surface area (Å²) >= 11 is 0. The molecule has 1 atom stereocenters. The second-order valence-electron chi connectivity index (χ2n) is 2.91. The van der Waals surface area contributed by atoms with Gasteiger partial charge in [0.05, 0.1) is 13.2 Å². The van der Waals surface area contributed by atoms with Gasteiger partial charge >= 0.3 is 0 Å². The molecule has 2 nitrogen and oxygen atoms in total. The van der Waals surface area contributed by atoms with Crippen LogP contribution in [-0.2, 0) is 11.3 Å². The summed E-state index contributed by atoms with van der Waals surface area (Å²) in [4.78, 5) is 0. The van der Waals surface area contributed by atoms with Crippen LogP contribution in [0.4, 0.5) is 0 Å². The van der Waals surface area contributed by atoms with Crippen LogP contribution in [0.1, 0.15) is 12.5 Å². The summed E-state index contributed by atoms with van der Waals surface area (Å²) in [6.45, 7) is 2.47. The number of benzene rings is 1. The molecule has 0 aliphatic carbocycles. The van der Waals surface area contributed by atoms with Crippen molar-refractivity contribution in [1.29, 1.82) is 0 Å². The fourth-order valence-corrected chi connectivity index (χ4v) is 1.07. The van der Waals surface area contributed by atoms with E-state index in [1.54, 1.807) is 6.92 Å². The van der Waals surface area contributed by atoms with Crippen molar-refractivity contribution in [2.75, 3.05) is 6.61 Å². The molecule has 0 aliphatic rings. The van der Waals surface area contributed by atoms with E-state index < -0.39 is 6.10 Å². The molecule has 14 heavy (non-hydrogen) atoms. The van der Waals surface area contributed by atoms with Gasteiger partial charge in [-0.1, -0.05) is 36.3 Å². The number of hydrogen-bond donors (Lipinski definition) is 1. The van der Waals surface area contributed by atoms with E-state index in [1.165, 1.54) is 0 Å². The van der Waals surface area contributed by atoms with Gasteiger partial charge in [0, 0.05) is 0 Å². The Balaban J connectivity index is 2.24. The molecule has 2 heteroatoms. The van der Waals surface area contributed by atoms with Crippen molar-refractivity contribution in [3.8, 4) is 11.8 Å². The molecule has 1 aromatic carbocycles. The smallest absolute Gasteiger partial charge is 0.137 e. The van der Waals surface area contributed by atoms with Crippen LogP contribution in [0.3, 0.4) is 0 Å².